The number of ether oxygens (including phenoxy) is 2. The van der Waals surface area contributed by atoms with Crippen LogP contribution in [0.2, 0.25) is 10.0 Å². The summed E-state index contributed by atoms with van der Waals surface area (Å²) >= 11 is 17.3. The van der Waals surface area contributed by atoms with Gasteiger partial charge in [-0.2, -0.15) is 0 Å². The lowest BCUT2D eigenvalue weighted by Crippen LogP contribution is -2.28. The second-order valence-corrected chi connectivity index (χ2v) is 8.08. The maximum absolute atomic E-state index is 12.5. The molecule has 0 aliphatic carbocycles. The first-order valence-corrected chi connectivity index (χ1v) is 9.61. The van der Waals surface area contributed by atoms with Crippen molar-refractivity contribution >= 4 is 62.5 Å². The largest absolute Gasteiger partial charge is 0.454 e. The molecule has 4 rings (SSSR count). The van der Waals surface area contributed by atoms with Crippen LogP contribution in [-0.2, 0) is 4.79 Å². The molecule has 0 saturated carbocycles. The van der Waals surface area contributed by atoms with Gasteiger partial charge in [0, 0.05) is 25.8 Å². The molecule has 124 valence electrons. The van der Waals surface area contributed by atoms with E-state index in [2.05, 4.69) is 15.9 Å². The van der Waals surface area contributed by atoms with Crippen molar-refractivity contribution in [2.45, 2.75) is 5.37 Å². The number of thioether (sulfide) groups is 1. The minimum atomic E-state index is -0.198. The van der Waals surface area contributed by atoms with E-state index in [0.717, 1.165) is 10.0 Å². The van der Waals surface area contributed by atoms with E-state index in [1.54, 1.807) is 34.9 Å². The fraction of sp³-hybridized carbons (Fsp3) is 0.188. The van der Waals surface area contributed by atoms with Crippen molar-refractivity contribution in [3.8, 4) is 11.5 Å². The third-order valence-electron chi connectivity index (χ3n) is 3.75. The summed E-state index contributed by atoms with van der Waals surface area (Å²) in [5.74, 6) is 1.76. The predicted octanol–water partition coefficient (Wildman–Crippen LogP) is 5.26. The van der Waals surface area contributed by atoms with E-state index >= 15 is 0 Å². The van der Waals surface area contributed by atoms with Gasteiger partial charge in [0.25, 0.3) is 0 Å². The predicted molar refractivity (Wildman–Crippen MR) is 99.4 cm³/mol. The van der Waals surface area contributed by atoms with Gasteiger partial charge in [-0.25, -0.2) is 0 Å². The van der Waals surface area contributed by atoms with E-state index < -0.39 is 0 Å². The van der Waals surface area contributed by atoms with Crippen LogP contribution < -0.4 is 14.4 Å². The van der Waals surface area contributed by atoms with Crippen molar-refractivity contribution in [1.29, 1.82) is 0 Å². The number of hydrogen-bond donors (Lipinski definition) is 0. The maximum Gasteiger partial charge on any atom is 0.238 e. The molecule has 0 spiro atoms. The average Bonchev–Trinajstić information content (AvgIpc) is 3.11. The van der Waals surface area contributed by atoms with E-state index in [1.807, 2.05) is 12.1 Å². The summed E-state index contributed by atoms with van der Waals surface area (Å²) < 4.78 is 11.7. The highest BCUT2D eigenvalue weighted by molar-refractivity contribution is 9.10. The number of rotatable bonds is 2. The standard InChI is InChI=1S/C16H10BrCl2NO3S/c17-12-5-14-13(22-7-23-14)4-11(12)16-20(15(21)6-24-16)10-2-8(18)1-9(19)3-10/h1-5,16H,6-7H2. The molecular weight excluding hydrogens is 437 g/mol. The SMILES string of the molecule is O=C1CSC(c2cc3c(cc2Br)OCO3)N1c1cc(Cl)cc(Cl)c1. The average molecular weight is 447 g/mol. The zero-order chi connectivity index (χ0) is 16.8. The number of fused-ring (bicyclic) bond motifs is 1. The highest BCUT2D eigenvalue weighted by Crippen LogP contribution is 2.48. The van der Waals surface area contributed by atoms with E-state index in [4.69, 9.17) is 32.7 Å². The minimum Gasteiger partial charge on any atom is -0.454 e. The molecule has 1 amide bonds. The minimum absolute atomic E-state index is 0.00731. The molecule has 1 fully saturated rings. The zero-order valence-electron chi connectivity index (χ0n) is 12.1. The second-order valence-electron chi connectivity index (χ2n) is 5.28. The Morgan fingerprint density at radius 2 is 1.75 bits per heavy atom. The fourth-order valence-corrected chi connectivity index (χ4v) is 5.14. The summed E-state index contributed by atoms with van der Waals surface area (Å²) in [6.07, 6.45) is 0. The molecule has 1 saturated heterocycles. The maximum atomic E-state index is 12.5. The Morgan fingerprint density at radius 3 is 2.46 bits per heavy atom. The highest BCUT2D eigenvalue weighted by atomic mass is 79.9. The lowest BCUT2D eigenvalue weighted by Gasteiger charge is -2.25. The Bertz CT molecular complexity index is 828. The van der Waals surface area contributed by atoms with E-state index in [1.165, 1.54) is 0 Å². The fourth-order valence-electron chi connectivity index (χ4n) is 2.73. The molecule has 2 aliphatic rings. The summed E-state index contributed by atoms with van der Waals surface area (Å²) in [6.45, 7) is 0.204. The summed E-state index contributed by atoms with van der Waals surface area (Å²) in [7, 11) is 0. The Labute approximate surface area is 161 Å². The van der Waals surface area contributed by atoms with Gasteiger partial charge < -0.3 is 9.47 Å². The van der Waals surface area contributed by atoms with Gasteiger partial charge in [-0.1, -0.05) is 39.1 Å². The number of carbonyl (C=O) groups is 1. The van der Waals surface area contributed by atoms with Crippen molar-refractivity contribution in [2.75, 3.05) is 17.4 Å². The number of carbonyl (C=O) groups excluding carboxylic acids is 1. The van der Waals surface area contributed by atoms with Crippen molar-refractivity contribution in [3.63, 3.8) is 0 Å². The first-order valence-electron chi connectivity index (χ1n) is 7.02. The Balaban J connectivity index is 1.78. The van der Waals surface area contributed by atoms with Crippen LogP contribution in [0.3, 0.4) is 0 Å². The van der Waals surface area contributed by atoms with E-state index in [-0.39, 0.29) is 18.1 Å². The third-order valence-corrected chi connectivity index (χ3v) is 6.07. The topological polar surface area (TPSA) is 38.8 Å². The lowest BCUT2D eigenvalue weighted by atomic mass is 10.1. The molecule has 8 heteroatoms. The van der Waals surface area contributed by atoms with Crippen LogP contribution in [0.15, 0.2) is 34.8 Å². The van der Waals surface area contributed by atoms with Crippen LogP contribution >= 0.6 is 50.9 Å². The van der Waals surface area contributed by atoms with Gasteiger partial charge in [0.2, 0.25) is 12.7 Å². The molecule has 0 bridgehead atoms. The smallest absolute Gasteiger partial charge is 0.238 e. The molecule has 24 heavy (non-hydrogen) atoms. The Kier molecular flexibility index (Phi) is 4.33. The molecule has 0 N–H and O–H groups in total. The number of benzene rings is 2. The van der Waals surface area contributed by atoms with Crippen LogP contribution in [0.4, 0.5) is 5.69 Å². The molecule has 2 aromatic rings. The second kappa shape index (κ2) is 6.33. The molecule has 2 aliphatic heterocycles. The van der Waals surface area contributed by atoms with Crippen molar-refractivity contribution in [2.24, 2.45) is 0 Å². The molecular formula is C16H10BrCl2NO3S. The summed E-state index contributed by atoms with van der Waals surface area (Å²) in [5.41, 5.74) is 1.61. The van der Waals surface area contributed by atoms with Gasteiger partial charge >= 0.3 is 0 Å². The molecule has 0 aromatic heterocycles. The first-order chi connectivity index (χ1) is 11.5. The molecule has 1 atom stereocenters. The van der Waals surface area contributed by atoms with E-state index in [0.29, 0.717) is 33.0 Å². The van der Waals surface area contributed by atoms with Crippen LogP contribution in [0, 0.1) is 0 Å². The van der Waals surface area contributed by atoms with Gasteiger partial charge in [0.05, 0.1) is 5.75 Å². The lowest BCUT2D eigenvalue weighted by molar-refractivity contribution is -0.115. The monoisotopic (exact) mass is 445 g/mol. The molecule has 2 aromatic carbocycles. The molecule has 0 radical (unpaired) electrons. The van der Waals surface area contributed by atoms with Crippen LogP contribution in [0.1, 0.15) is 10.9 Å². The molecule has 2 heterocycles. The normalized spacial score (nSPS) is 19.2. The summed E-state index contributed by atoms with van der Waals surface area (Å²) in [5, 5.41) is 0.785. The molecule has 1 unspecified atom stereocenters. The molecule has 4 nitrogen and oxygen atoms in total. The summed E-state index contributed by atoms with van der Waals surface area (Å²) in [6, 6.07) is 8.90. The van der Waals surface area contributed by atoms with Gasteiger partial charge in [0.1, 0.15) is 5.37 Å². The van der Waals surface area contributed by atoms with E-state index in [9.17, 15) is 4.79 Å². The number of amides is 1. The van der Waals surface area contributed by atoms with Crippen LogP contribution in [-0.4, -0.2) is 18.5 Å². The third kappa shape index (κ3) is 2.86. The first kappa shape index (κ1) is 16.4. The van der Waals surface area contributed by atoms with Gasteiger partial charge in [-0.05, 0) is 30.3 Å². The highest BCUT2D eigenvalue weighted by Gasteiger charge is 2.36. The number of nitrogens with zero attached hydrogens (tertiary/aromatic N) is 1. The van der Waals surface area contributed by atoms with Gasteiger partial charge in [-0.3, -0.25) is 9.69 Å². The van der Waals surface area contributed by atoms with Gasteiger partial charge in [-0.15, -0.1) is 11.8 Å². The number of anilines is 1. The quantitative estimate of drug-likeness (QED) is 0.630. The number of hydrogen-bond acceptors (Lipinski definition) is 4. The number of halogens is 3. The van der Waals surface area contributed by atoms with Crippen molar-refractivity contribution < 1.29 is 14.3 Å². The van der Waals surface area contributed by atoms with Crippen LogP contribution in [0.25, 0.3) is 0 Å². The van der Waals surface area contributed by atoms with Crippen molar-refractivity contribution in [3.05, 3.63) is 50.4 Å². The Morgan fingerprint density at radius 1 is 1.08 bits per heavy atom. The Hall–Kier alpha value is -1.08. The van der Waals surface area contributed by atoms with Crippen molar-refractivity contribution in [1.82, 2.24) is 0 Å². The van der Waals surface area contributed by atoms with Crippen LogP contribution in [0.5, 0.6) is 11.5 Å². The summed E-state index contributed by atoms with van der Waals surface area (Å²) in [4.78, 5) is 14.2. The zero-order valence-corrected chi connectivity index (χ0v) is 16.0. The van der Waals surface area contributed by atoms with Gasteiger partial charge in [0.15, 0.2) is 11.5 Å².